The molecule has 0 aliphatic heterocycles. The van der Waals surface area contributed by atoms with Gasteiger partial charge in [0.15, 0.2) is 0 Å². The Kier molecular flexibility index (Phi) is 6.45. The number of hydrogen-bond donors (Lipinski definition) is 3. The Hall–Kier alpha value is -2.67. The van der Waals surface area contributed by atoms with Crippen molar-refractivity contribution < 1.29 is 29.4 Å². The van der Waals surface area contributed by atoms with E-state index in [2.05, 4.69) is 17.3 Å². The van der Waals surface area contributed by atoms with Gasteiger partial charge in [-0.15, -0.1) is 0 Å². The summed E-state index contributed by atoms with van der Waals surface area (Å²) in [6.45, 7) is 2.96. The zero-order valence-electron chi connectivity index (χ0n) is 9.20. The number of aliphatic carboxylic acids is 1. The van der Waals surface area contributed by atoms with E-state index < -0.39 is 17.9 Å². The molecule has 0 aliphatic rings. The van der Waals surface area contributed by atoms with Gasteiger partial charge in [-0.25, -0.2) is 14.4 Å². The molecular formula is C11H11NO6. The van der Waals surface area contributed by atoms with E-state index >= 15 is 0 Å². The standard InChI is InChI=1S/C8H7NO4.C3H4O2/c9-13-8(12)6-4-2-1-3-5(6)7(10)11;1-2-3(4)5/h1-4H,9H2,(H,10,11);2H,1H2,(H,4,5). The van der Waals surface area contributed by atoms with Gasteiger partial charge < -0.3 is 15.1 Å². The molecular weight excluding hydrogens is 242 g/mol. The van der Waals surface area contributed by atoms with Crippen LogP contribution in [0.3, 0.4) is 0 Å². The number of carbonyl (C=O) groups is 3. The third-order valence-corrected chi connectivity index (χ3v) is 1.66. The van der Waals surface area contributed by atoms with Gasteiger partial charge in [0, 0.05) is 6.08 Å². The lowest BCUT2D eigenvalue weighted by atomic mass is 10.1. The highest BCUT2D eigenvalue weighted by atomic mass is 16.7. The second-order valence-electron chi connectivity index (χ2n) is 2.80. The van der Waals surface area contributed by atoms with Crippen LogP contribution in [0.2, 0.25) is 0 Å². The molecule has 0 saturated carbocycles. The number of carboxylic acid groups (broad SMARTS) is 2. The summed E-state index contributed by atoms with van der Waals surface area (Å²) in [6, 6.07) is 5.67. The number of benzene rings is 1. The SMILES string of the molecule is C=CC(=O)O.NOC(=O)c1ccccc1C(=O)O. The molecule has 7 nitrogen and oxygen atoms in total. The number of aromatic carboxylic acids is 1. The second-order valence-corrected chi connectivity index (χ2v) is 2.80. The predicted octanol–water partition coefficient (Wildman–Crippen LogP) is 0.672. The van der Waals surface area contributed by atoms with Gasteiger partial charge in [0.25, 0.3) is 0 Å². The van der Waals surface area contributed by atoms with Gasteiger partial charge in [-0.1, -0.05) is 18.7 Å². The summed E-state index contributed by atoms with van der Waals surface area (Å²) in [4.78, 5) is 34.7. The Morgan fingerprint density at radius 1 is 1.17 bits per heavy atom. The second kappa shape index (κ2) is 7.58. The number of hydrogen-bond acceptors (Lipinski definition) is 5. The first-order chi connectivity index (χ1) is 8.43. The lowest BCUT2D eigenvalue weighted by Crippen LogP contribution is -2.14. The van der Waals surface area contributed by atoms with Crippen LogP contribution in [-0.2, 0) is 9.63 Å². The van der Waals surface area contributed by atoms with E-state index in [4.69, 9.17) is 10.2 Å². The first kappa shape index (κ1) is 15.3. The van der Waals surface area contributed by atoms with Crippen LogP contribution in [-0.4, -0.2) is 28.1 Å². The minimum atomic E-state index is -1.19. The van der Waals surface area contributed by atoms with Crippen LogP contribution in [0.15, 0.2) is 36.9 Å². The summed E-state index contributed by atoms with van der Waals surface area (Å²) in [5, 5.41) is 16.3. The summed E-state index contributed by atoms with van der Waals surface area (Å²) in [5.74, 6) is 1.59. The van der Waals surface area contributed by atoms with E-state index in [0.717, 1.165) is 6.08 Å². The van der Waals surface area contributed by atoms with Crippen LogP contribution >= 0.6 is 0 Å². The van der Waals surface area contributed by atoms with Crippen molar-refractivity contribution in [2.75, 3.05) is 0 Å². The first-order valence-corrected chi connectivity index (χ1v) is 4.52. The molecule has 0 aromatic heterocycles. The fraction of sp³-hybridized carbons (Fsp3) is 0. The van der Waals surface area contributed by atoms with E-state index in [9.17, 15) is 14.4 Å². The van der Waals surface area contributed by atoms with Crippen molar-refractivity contribution in [3.05, 3.63) is 48.0 Å². The van der Waals surface area contributed by atoms with Gasteiger partial charge >= 0.3 is 17.9 Å². The smallest absolute Gasteiger partial charge is 0.357 e. The Labute approximate surface area is 102 Å². The average molecular weight is 253 g/mol. The Bertz CT molecular complexity index is 468. The highest BCUT2D eigenvalue weighted by molar-refractivity contribution is 6.02. The van der Waals surface area contributed by atoms with Gasteiger partial charge in [0.2, 0.25) is 0 Å². The van der Waals surface area contributed by atoms with Crippen LogP contribution in [0.25, 0.3) is 0 Å². The fourth-order valence-electron chi connectivity index (χ4n) is 0.911. The number of nitrogens with two attached hydrogens (primary N) is 1. The minimum absolute atomic E-state index is 0.0579. The van der Waals surface area contributed by atoms with E-state index in [1.54, 1.807) is 0 Å². The molecule has 0 amide bonds. The molecule has 1 rings (SSSR count). The van der Waals surface area contributed by atoms with Gasteiger partial charge in [-0.05, 0) is 12.1 Å². The summed E-state index contributed by atoms with van der Waals surface area (Å²) in [5.41, 5.74) is -0.185. The highest BCUT2D eigenvalue weighted by Crippen LogP contribution is 2.09. The molecule has 0 heterocycles. The maximum atomic E-state index is 10.9. The molecule has 0 radical (unpaired) electrons. The highest BCUT2D eigenvalue weighted by Gasteiger charge is 2.15. The van der Waals surface area contributed by atoms with E-state index in [1.807, 2.05) is 0 Å². The van der Waals surface area contributed by atoms with Gasteiger partial charge in [-0.2, -0.15) is 5.90 Å². The van der Waals surface area contributed by atoms with E-state index in [-0.39, 0.29) is 11.1 Å². The lowest BCUT2D eigenvalue weighted by molar-refractivity contribution is -0.131. The fourth-order valence-corrected chi connectivity index (χ4v) is 0.911. The summed E-state index contributed by atoms with van der Waals surface area (Å²) < 4.78 is 0. The van der Waals surface area contributed by atoms with Crippen molar-refractivity contribution >= 4 is 17.9 Å². The van der Waals surface area contributed by atoms with Crippen LogP contribution in [0.1, 0.15) is 20.7 Å². The summed E-state index contributed by atoms with van der Waals surface area (Å²) in [6.07, 6.45) is 0.833. The van der Waals surface area contributed by atoms with Gasteiger partial charge in [0.1, 0.15) is 0 Å². The zero-order valence-corrected chi connectivity index (χ0v) is 9.20. The maximum absolute atomic E-state index is 10.9. The van der Waals surface area contributed by atoms with Gasteiger partial charge in [0.05, 0.1) is 11.1 Å². The van der Waals surface area contributed by atoms with Crippen LogP contribution in [0.5, 0.6) is 0 Å². The molecule has 0 aliphatic carbocycles. The molecule has 96 valence electrons. The summed E-state index contributed by atoms with van der Waals surface area (Å²) in [7, 11) is 0. The number of carboxylic acids is 2. The molecule has 0 saturated heterocycles. The molecule has 0 bridgehead atoms. The molecule has 4 N–H and O–H groups in total. The third-order valence-electron chi connectivity index (χ3n) is 1.66. The van der Waals surface area contributed by atoms with Crippen LogP contribution < -0.4 is 5.90 Å². The monoisotopic (exact) mass is 253 g/mol. The Balaban J connectivity index is 0.000000494. The minimum Gasteiger partial charge on any atom is -0.478 e. The first-order valence-electron chi connectivity index (χ1n) is 4.52. The van der Waals surface area contributed by atoms with Crippen molar-refractivity contribution in [1.82, 2.24) is 0 Å². The molecule has 1 aromatic carbocycles. The largest absolute Gasteiger partial charge is 0.478 e. The third kappa shape index (κ3) is 4.90. The van der Waals surface area contributed by atoms with Crippen LogP contribution in [0.4, 0.5) is 0 Å². The quantitative estimate of drug-likeness (QED) is 0.533. The van der Waals surface area contributed by atoms with Crippen LogP contribution in [0, 0.1) is 0 Å². The normalized spacial score (nSPS) is 8.50. The van der Waals surface area contributed by atoms with Crippen molar-refractivity contribution in [2.45, 2.75) is 0 Å². The Morgan fingerprint density at radius 2 is 1.61 bits per heavy atom. The van der Waals surface area contributed by atoms with Crippen molar-refractivity contribution in [3.8, 4) is 0 Å². The zero-order chi connectivity index (χ0) is 14.1. The predicted molar refractivity (Wildman–Crippen MR) is 60.8 cm³/mol. The topological polar surface area (TPSA) is 127 Å². The Morgan fingerprint density at radius 3 is 1.94 bits per heavy atom. The van der Waals surface area contributed by atoms with E-state index in [0.29, 0.717) is 0 Å². The maximum Gasteiger partial charge on any atom is 0.357 e. The van der Waals surface area contributed by atoms with E-state index in [1.165, 1.54) is 24.3 Å². The molecule has 7 heteroatoms. The van der Waals surface area contributed by atoms with Crippen molar-refractivity contribution in [1.29, 1.82) is 0 Å². The van der Waals surface area contributed by atoms with Crippen molar-refractivity contribution in [2.24, 2.45) is 5.90 Å². The molecule has 0 fully saturated rings. The molecule has 0 unspecified atom stereocenters. The molecule has 0 atom stereocenters. The molecule has 1 aromatic rings. The van der Waals surface area contributed by atoms with Crippen molar-refractivity contribution in [3.63, 3.8) is 0 Å². The number of carbonyl (C=O) groups excluding carboxylic acids is 1. The molecule has 0 spiro atoms. The lowest BCUT2D eigenvalue weighted by Gasteiger charge is -2.01. The average Bonchev–Trinajstić information content (AvgIpc) is 2.38. The van der Waals surface area contributed by atoms with Gasteiger partial charge in [-0.3, -0.25) is 0 Å². The molecule has 18 heavy (non-hydrogen) atoms. The number of rotatable bonds is 3. The summed E-state index contributed by atoms with van der Waals surface area (Å²) >= 11 is 0.